The number of piperazine rings is 1. The molecule has 2 unspecified atom stereocenters. The van der Waals surface area contributed by atoms with E-state index in [0.29, 0.717) is 12.0 Å². The molecule has 1 aromatic rings. The second kappa shape index (κ2) is 7.80. The van der Waals surface area contributed by atoms with Crippen LogP contribution in [0.3, 0.4) is 0 Å². The second-order valence-corrected chi connectivity index (χ2v) is 6.68. The minimum atomic E-state index is 0.662. The summed E-state index contributed by atoms with van der Waals surface area (Å²) in [5.74, 6) is 1.45. The predicted octanol–water partition coefficient (Wildman–Crippen LogP) is 3.50. The molecule has 2 rings (SSSR count). The Morgan fingerprint density at radius 1 is 1.20 bits per heavy atom. The molecular weight excluding hydrogens is 244 g/mol. The largest absolute Gasteiger partial charge is 0.311 e. The number of hydrogen-bond donors (Lipinski definition) is 1. The van der Waals surface area contributed by atoms with Crippen molar-refractivity contribution in [3.63, 3.8) is 0 Å². The van der Waals surface area contributed by atoms with Crippen molar-refractivity contribution in [1.82, 2.24) is 10.2 Å². The summed E-state index contributed by atoms with van der Waals surface area (Å²) in [6, 6.07) is 11.6. The van der Waals surface area contributed by atoms with E-state index in [1.807, 2.05) is 0 Å². The van der Waals surface area contributed by atoms with Crippen molar-refractivity contribution in [3.8, 4) is 0 Å². The van der Waals surface area contributed by atoms with Gasteiger partial charge in [-0.05, 0) is 36.8 Å². The van der Waals surface area contributed by atoms with Crippen molar-refractivity contribution < 1.29 is 0 Å². The van der Waals surface area contributed by atoms with Crippen molar-refractivity contribution in [2.75, 3.05) is 26.2 Å². The van der Waals surface area contributed by atoms with E-state index >= 15 is 0 Å². The summed E-state index contributed by atoms with van der Waals surface area (Å²) in [5.41, 5.74) is 1.47. The smallest absolute Gasteiger partial charge is 0.0197 e. The fourth-order valence-corrected chi connectivity index (χ4v) is 3.15. The number of rotatable bonds is 6. The van der Waals surface area contributed by atoms with E-state index in [2.05, 4.69) is 61.3 Å². The Labute approximate surface area is 124 Å². The summed E-state index contributed by atoms with van der Waals surface area (Å²) in [5, 5.41) is 3.66. The normalized spacial score (nSPS) is 22.1. The maximum absolute atomic E-state index is 3.66. The third-order valence-electron chi connectivity index (χ3n) is 4.34. The highest BCUT2D eigenvalue weighted by atomic mass is 15.2. The van der Waals surface area contributed by atoms with Gasteiger partial charge in [0.15, 0.2) is 0 Å². The zero-order chi connectivity index (χ0) is 14.4. The standard InChI is InChI=1S/C18H30N2/c1-15(2)13-18-14-20(12-10-19-18)11-9-16(3)17-7-5-4-6-8-17/h4-8,15-16,18-19H,9-14H2,1-3H3. The second-order valence-electron chi connectivity index (χ2n) is 6.68. The van der Waals surface area contributed by atoms with Crippen molar-refractivity contribution in [3.05, 3.63) is 35.9 Å². The number of benzene rings is 1. The molecule has 1 aliphatic heterocycles. The molecule has 0 bridgehead atoms. The first-order chi connectivity index (χ1) is 9.65. The quantitative estimate of drug-likeness (QED) is 0.854. The first-order valence-electron chi connectivity index (χ1n) is 8.16. The van der Waals surface area contributed by atoms with Crippen LogP contribution in [-0.2, 0) is 0 Å². The molecule has 0 aromatic heterocycles. The summed E-state index contributed by atoms with van der Waals surface area (Å²) in [7, 11) is 0. The van der Waals surface area contributed by atoms with Crippen LogP contribution >= 0.6 is 0 Å². The van der Waals surface area contributed by atoms with Crippen LogP contribution in [0.1, 0.15) is 45.1 Å². The van der Waals surface area contributed by atoms with E-state index < -0.39 is 0 Å². The molecule has 1 heterocycles. The maximum Gasteiger partial charge on any atom is 0.0197 e. The third kappa shape index (κ3) is 4.92. The number of hydrogen-bond acceptors (Lipinski definition) is 2. The molecule has 20 heavy (non-hydrogen) atoms. The fourth-order valence-electron chi connectivity index (χ4n) is 3.15. The molecule has 0 aliphatic carbocycles. The van der Waals surface area contributed by atoms with Crippen LogP contribution in [0.5, 0.6) is 0 Å². The van der Waals surface area contributed by atoms with Crippen molar-refractivity contribution in [2.45, 2.75) is 45.6 Å². The molecule has 2 nitrogen and oxygen atoms in total. The van der Waals surface area contributed by atoms with Gasteiger partial charge in [-0.1, -0.05) is 51.1 Å². The van der Waals surface area contributed by atoms with Gasteiger partial charge in [0.2, 0.25) is 0 Å². The number of nitrogens with one attached hydrogen (secondary N) is 1. The SMILES string of the molecule is CC(C)CC1CN(CCC(C)c2ccccc2)CCN1. The van der Waals surface area contributed by atoms with Gasteiger partial charge in [-0.3, -0.25) is 0 Å². The van der Waals surface area contributed by atoms with Gasteiger partial charge in [-0.15, -0.1) is 0 Å². The molecular formula is C18H30N2. The first-order valence-corrected chi connectivity index (χ1v) is 8.16. The average molecular weight is 274 g/mol. The van der Waals surface area contributed by atoms with Gasteiger partial charge >= 0.3 is 0 Å². The van der Waals surface area contributed by atoms with Gasteiger partial charge in [0, 0.05) is 25.7 Å². The van der Waals surface area contributed by atoms with E-state index in [-0.39, 0.29) is 0 Å². The lowest BCUT2D eigenvalue weighted by molar-refractivity contribution is 0.182. The van der Waals surface area contributed by atoms with Crippen LogP contribution in [0, 0.1) is 5.92 Å². The number of nitrogens with zero attached hydrogens (tertiary/aromatic N) is 1. The molecule has 1 saturated heterocycles. The Morgan fingerprint density at radius 3 is 2.65 bits per heavy atom. The zero-order valence-electron chi connectivity index (χ0n) is 13.3. The van der Waals surface area contributed by atoms with Crippen molar-refractivity contribution in [2.24, 2.45) is 5.92 Å². The topological polar surface area (TPSA) is 15.3 Å². The van der Waals surface area contributed by atoms with Gasteiger partial charge in [-0.25, -0.2) is 0 Å². The minimum absolute atomic E-state index is 0.662. The van der Waals surface area contributed by atoms with Crippen LogP contribution in [0.4, 0.5) is 0 Å². The van der Waals surface area contributed by atoms with Gasteiger partial charge in [-0.2, -0.15) is 0 Å². The van der Waals surface area contributed by atoms with Crippen molar-refractivity contribution in [1.29, 1.82) is 0 Å². The summed E-state index contributed by atoms with van der Waals surface area (Å²) >= 11 is 0. The molecule has 1 aliphatic rings. The van der Waals surface area contributed by atoms with E-state index in [4.69, 9.17) is 0 Å². The Balaban J connectivity index is 1.76. The Hall–Kier alpha value is -0.860. The molecule has 1 fully saturated rings. The predicted molar refractivity (Wildman–Crippen MR) is 87.2 cm³/mol. The minimum Gasteiger partial charge on any atom is -0.311 e. The summed E-state index contributed by atoms with van der Waals surface area (Å²) in [6.07, 6.45) is 2.56. The molecule has 2 heteroatoms. The monoisotopic (exact) mass is 274 g/mol. The van der Waals surface area contributed by atoms with Crippen LogP contribution in [0.25, 0.3) is 0 Å². The molecule has 1 aromatic carbocycles. The highest BCUT2D eigenvalue weighted by Gasteiger charge is 2.20. The van der Waals surface area contributed by atoms with Crippen molar-refractivity contribution >= 4 is 0 Å². The molecule has 1 N–H and O–H groups in total. The lowest BCUT2D eigenvalue weighted by atomic mass is 9.97. The molecule has 0 amide bonds. The first kappa shape index (κ1) is 15.5. The highest BCUT2D eigenvalue weighted by Crippen LogP contribution is 2.19. The average Bonchev–Trinajstić information content (AvgIpc) is 2.45. The molecule has 112 valence electrons. The summed E-state index contributed by atoms with van der Waals surface area (Å²) in [4.78, 5) is 2.64. The lowest BCUT2D eigenvalue weighted by Gasteiger charge is -2.35. The van der Waals surface area contributed by atoms with Gasteiger partial charge in [0.05, 0.1) is 0 Å². The van der Waals surface area contributed by atoms with E-state index in [0.717, 1.165) is 12.5 Å². The molecule has 2 atom stereocenters. The molecule has 0 radical (unpaired) electrons. The van der Waals surface area contributed by atoms with Crippen LogP contribution in [0.15, 0.2) is 30.3 Å². The van der Waals surface area contributed by atoms with Gasteiger partial charge < -0.3 is 10.2 Å². The Morgan fingerprint density at radius 2 is 1.95 bits per heavy atom. The van der Waals surface area contributed by atoms with E-state index in [9.17, 15) is 0 Å². The molecule has 0 spiro atoms. The molecule has 0 saturated carbocycles. The Bertz CT molecular complexity index is 374. The maximum atomic E-state index is 3.66. The summed E-state index contributed by atoms with van der Waals surface area (Å²) in [6.45, 7) is 11.8. The third-order valence-corrected chi connectivity index (χ3v) is 4.34. The Kier molecular flexibility index (Phi) is 6.06. The lowest BCUT2D eigenvalue weighted by Crippen LogP contribution is -2.51. The zero-order valence-corrected chi connectivity index (χ0v) is 13.3. The van der Waals surface area contributed by atoms with E-state index in [1.165, 1.54) is 38.0 Å². The van der Waals surface area contributed by atoms with Crippen LogP contribution in [-0.4, -0.2) is 37.1 Å². The van der Waals surface area contributed by atoms with Gasteiger partial charge in [0.1, 0.15) is 0 Å². The summed E-state index contributed by atoms with van der Waals surface area (Å²) < 4.78 is 0. The van der Waals surface area contributed by atoms with Crippen LogP contribution < -0.4 is 5.32 Å². The van der Waals surface area contributed by atoms with E-state index in [1.54, 1.807) is 0 Å². The fraction of sp³-hybridized carbons (Fsp3) is 0.667. The van der Waals surface area contributed by atoms with Crippen LogP contribution in [0.2, 0.25) is 0 Å². The highest BCUT2D eigenvalue weighted by molar-refractivity contribution is 5.18. The van der Waals surface area contributed by atoms with Gasteiger partial charge in [0.25, 0.3) is 0 Å².